The predicted octanol–water partition coefficient (Wildman–Crippen LogP) is 2.27. The Labute approximate surface area is 111 Å². The van der Waals surface area contributed by atoms with Crippen LogP contribution in [0.15, 0.2) is 12.1 Å². The van der Waals surface area contributed by atoms with E-state index in [0.29, 0.717) is 5.82 Å². The lowest BCUT2D eigenvalue weighted by Crippen LogP contribution is -2.31. The maximum absolute atomic E-state index is 11.0. The number of nitrogens with zero attached hydrogens (tertiary/aromatic N) is 2. The number of hydrazine groups is 1. The summed E-state index contributed by atoms with van der Waals surface area (Å²) < 4.78 is 0. The molecule has 1 unspecified atom stereocenters. The summed E-state index contributed by atoms with van der Waals surface area (Å²) in [6, 6.07) is 3.09. The third kappa shape index (κ3) is 2.76. The van der Waals surface area contributed by atoms with Gasteiger partial charge in [-0.3, -0.25) is 10.1 Å². The zero-order valence-electron chi connectivity index (χ0n) is 11.1. The van der Waals surface area contributed by atoms with Gasteiger partial charge in [-0.05, 0) is 24.3 Å². The van der Waals surface area contributed by atoms with Gasteiger partial charge < -0.3 is 10.7 Å². The minimum absolute atomic E-state index is 0.0262. The number of hydrogen-bond acceptors (Lipinski definition) is 6. The highest BCUT2D eigenvalue weighted by molar-refractivity contribution is 5.60. The summed E-state index contributed by atoms with van der Waals surface area (Å²) in [5, 5.41) is 14.2. The Morgan fingerprint density at radius 2 is 2.26 bits per heavy atom. The molecule has 0 aliphatic heterocycles. The highest BCUT2D eigenvalue weighted by atomic mass is 16.6. The summed E-state index contributed by atoms with van der Waals surface area (Å²) in [5.41, 5.74) is 2.49. The Hall–Kier alpha value is -1.89. The average molecular weight is 265 g/mol. The molecule has 0 saturated heterocycles. The predicted molar refractivity (Wildman–Crippen MR) is 73.7 cm³/mol. The van der Waals surface area contributed by atoms with Crippen LogP contribution in [-0.2, 0) is 0 Å². The van der Waals surface area contributed by atoms with Gasteiger partial charge in [0, 0.05) is 12.1 Å². The van der Waals surface area contributed by atoms with Gasteiger partial charge in [-0.15, -0.1) is 0 Å². The Balaban J connectivity index is 2.29. The molecular weight excluding hydrogens is 246 g/mol. The molecular formula is C12H19N5O2. The third-order valence-corrected chi connectivity index (χ3v) is 3.79. The number of rotatable bonds is 4. The van der Waals surface area contributed by atoms with Gasteiger partial charge in [0.25, 0.3) is 0 Å². The molecule has 0 spiro atoms. The molecule has 2 rings (SSSR count). The van der Waals surface area contributed by atoms with Crippen LogP contribution < -0.4 is 16.6 Å². The van der Waals surface area contributed by atoms with Gasteiger partial charge in [0.05, 0.1) is 4.92 Å². The number of anilines is 2. The lowest BCUT2D eigenvalue weighted by molar-refractivity contribution is -0.384. The molecule has 0 aromatic carbocycles. The normalized spacial score (nSPS) is 21.1. The first-order valence-corrected chi connectivity index (χ1v) is 6.32. The first kappa shape index (κ1) is 13.5. The number of nitrogens with two attached hydrogens (primary N) is 1. The summed E-state index contributed by atoms with van der Waals surface area (Å²) in [6.45, 7) is 4.32. The van der Waals surface area contributed by atoms with E-state index in [9.17, 15) is 10.1 Å². The average Bonchev–Trinajstić information content (AvgIpc) is 2.68. The molecule has 1 atom stereocenters. The molecule has 4 N–H and O–H groups in total. The molecule has 104 valence electrons. The lowest BCUT2D eigenvalue weighted by atomic mass is 9.87. The van der Waals surface area contributed by atoms with Crippen LogP contribution >= 0.6 is 0 Å². The van der Waals surface area contributed by atoms with Gasteiger partial charge in [0.2, 0.25) is 5.82 Å². The fraction of sp³-hybridized carbons (Fsp3) is 0.583. The van der Waals surface area contributed by atoms with E-state index in [1.807, 2.05) is 0 Å². The number of aromatic nitrogens is 1. The highest BCUT2D eigenvalue weighted by Gasteiger charge is 2.35. The van der Waals surface area contributed by atoms with Gasteiger partial charge >= 0.3 is 5.69 Å². The zero-order valence-corrected chi connectivity index (χ0v) is 11.1. The number of nitro groups is 1. The van der Waals surface area contributed by atoms with Gasteiger partial charge in [0.15, 0.2) is 0 Å². The summed E-state index contributed by atoms with van der Waals surface area (Å²) >= 11 is 0. The number of pyridine rings is 1. The van der Waals surface area contributed by atoms with Crippen molar-refractivity contribution in [2.75, 3.05) is 10.7 Å². The molecule has 0 radical (unpaired) electrons. The van der Waals surface area contributed by atoms with Crippen molar-refractivity contribution < 1.29 is 4.92 Å². The second kappa shape index (κ2) is 5.00. The maximum atomic E-state index is 11.0. The van der Waals surface area contributed by atoms with E-state index in [-0.39, 0.29) is 23.0 Å². The Kier molecular flexibility index (Phi) is 3.57. The van der Waals surface area contributed by atoms with E-state index in [2.05, 4.69) is 29.6 Å². The highest BCUT2D eigenvalue weighted by Crippen LogP contribution is 2.40. The van der Waals surface area contributed by atoms with E-state index in [4.69, 9.17) is 5.84 Å². The second-order valence-corrected chi connectivity index (χ2v) is 5.54. The van der Waals surface area contributed by atoms with Crippen LogP contribution in [0.25, 0.3) is 0 Å². The molecule has 1 aromatic rings. The summed E-state index contributed by atoms with van der Waals surface area (Å²) in [4.78, 5) is 14.8. The van der Waals surface area contributed by atoms with Crippen LogP contribution in [-0.4, -0.2) is 15.9 Å². The fourth-order valence-corrected chi connectivity index (χ4v) is 2.55. The summed E-state index contributed by atoms with van der Waals surface area (Å²) in [5.74, 6) is 5.98. The SMILES string of the molecule is CC1(C)CCCC1Nc1nc(NN)ccc1[N+](=O)[O-]. The first-order valence-electron chi connectivity index (χ1n) is 6.32. The second-order valence-electron chi connectivity index (χ2n) is 5.54. The van der Waals surface area contributed by atoms with E-state index < -0.39 is 4.92 Å². The first-order chi connectivity index (χ1) is 8.94. The van der Waals surface area contributed by atoms with Gasteiger partial charge in [-0.1, -0.05) is 20.3 Å². The third-order valence-electron chi connectivity index (χ3n) is 3.79. The monoisotopic (exact) mass is 265 g/mol. The van der Waals surface area contributed by atoms with E-state index >= 15 is 0 Å². The van der Waals surface area contributed by atoms with Crippen molar-refractivity contribution in [1.29, 1.82) is 0 Å². The van der Waals surface area contributed by atoms with Crippen molar-refractivity contribution in [3.63, 3.8) is 0 Å². The Bertz CT molecular complexity index is 489. The Morgan fingerprint density at radius 3 is 2.79 bits per heavy atom. The van der Waals surface area contributed by atoms with Gasteiger partial charge in [-0.2, -0.15) is 0 Å². The van der Waals surface area contributed by atoms with Gasteiger partial charge in [0.1, 0.15) is 5.82 Å². The van der Waals surface area contributed by atoms with Crippen molar-refractivity contribution in [2.45, 2.75) is 39.2 Å². The zero-order chi connectivity index (χ0) is 14.0. The molecule has 0 bridgehead atoms. The fourth-order valence-electron chi connectivity index (χ4n) is 2.55. The van der Waals surface area contributed by atoms with Crippen LogP contribution in [0.2, 0.25) is 0 Å². The van der Waals surface area contributed by atoms with Crippen molar-refractivity contribution in [2.24, 2.45) is 11.3 Å². The van der Waals surface area contributed by atoms with Crippen molar-refractivity contribution in [3.8, 4) is 0 Å². The summed E-state index contributed by atoms with van der Waals surface area (Å²) in [7, 11) is 0. The van der Waals surface area contributed by atoms with Crippen LogP contribution in [0.3, 0.4) is 0 Å². The van der Waals surface area contributed by atoms with Crippen molar-refractivity contribution >= 4 is 17.3 Å². The minimum Gasteiger partial charge on any atom is -0.361 e. The molecule has 1 aliphatic carbocycles. The largest absolute Gasteiger partial charge is 0.361 e. The van der Waals surface area contributed by atoms with E-state index in [1.165, 1.54) is 12.1 Å². The molecule has 1 aliphatic rings. The molecule has 1 fully saturated rings. The Morgan fingerprint density at radius 1 is 1.53 bits per heavy atom. The number of nitrogens with one attached hydrogen (secondary N) is 2. The molecule has 7 nitrogen and oxygen atoms in total. The summed E-state index contributed by atoms with van der Waals surface area (Å²) in [6.07, 6.45) is 3.21. The van der Waals surface area contributed by atoms with Gasteiger partial charge in [-0.25, -0.2) is 10.8 Å². The standard InChI is InChI=1S/C12H19N5O2/c1-12(2)7-3-4-9(12)14-11-8(17(18)19)5-6-10(15-11)16-13/h5-6,9H,3-4,7,13H2,1-2H3,(H2,14,15,16). The topological polar surface area (TPSA) is 106 Å². The quantitative estimate of drug-likeness (QED) is 0.438. The van der Waals surface area contributed by atoms with Crippen LogP contribution in [0.4, 0.5) is 17.3 Å². The molecule has 7 heteroatoms. The van der Waals surface area contributed by atoms with Crippen LogP contribution in [0, 0.1) is 15.5 Å². The van der Waals surface area contributed by atoms with Crippen molar-refractivity contribution in [3.05, 3.63) is 22.2 Å². The molecule has 19 heavy (non-hydrogen) atoms. The molecule has 1 heterocycles. The van der Waals surface area contributed by atoms with Crippen LogP contribution in [0.5, 0.6) is 0 Å². The lowest BCUT2D eigenvalue weighted by Gasteiger charge is -2.28. The molecule has 1 saturated carbocycles. The van der Waals surface area contributed by atoms with Crippen molar-refractivity contribution in [1.82, 2.24) is 4.98 Å². The van der Waals surface area contributed by atoms with E-state index in [0.717, 1.165) is 19.3 Å². The van der Waals surface area contributed by atoms with E-state index in [1.54, 1.807) is 0 Å². The number of nitrogen functional groups attached to an aromatic ring is 1. The van der Waals surface area contributed by atoms with Crippen LogP contribution in [0.1, 0.15) is 33.1 Å². The maximum Gasteiger partial charge on any atom is 0.311 e. The minimum atomic E-state index is -0.433. The smallest absolute Gasteiger partial charge is 0.311 e. The molecule has 0 amide bonds. The number of hydrogen-bond donors (Lipinski definition) is 3. The molecule has 1 aromatic heterocycles.